The topological polar surface area (TPSA) is 186 Å². The van der Waals surface area contributed by atoms with E-state index in [1.165, 1.54) is 0 Å². The molecule has 0 aliphatic carbocycles. The Hall–Kier alpha value is -5.82. The van der Waals surface area contributed by atoms with Gasteiger partial charge in [-0.3, -0.25) is 19.6 Å². The van der Waals surface area contributed by atoms with Crippen molar-refractivity contribution in [3.63, 3.8) is 0 Å². The number of carbonyl (C=O) groups excluding carboxylic acids is 4. The van der Waals surface area contributed by atoms with Crippen molar-refractivity contribution in [1.82, 2.24) is 41.9 Å². The molecule has 6 amide bonds. The van der Waals surface area contributed by atoms with Gasteiger partial charge in [0, 0.05) is 37.9 Å². The molecule has 7 N–H and O–H groups in total. The average molecular weight is 737 g/mol. The molecule has 2 unspecified atom stereocenters. The number of nitrogens with zero attached hydrogens (tertiary/aromatic N) is 2. The van der Waals surface area contributed by atoms with Crippen molar-refractivity contribution < 1.29 is 24.3 Å². The van der Waals surface area contributed by atoms with Crippen molar-refractivity contribution in [2.75, 3.05) is 0 Å². The Labute approximate surface area is 317 Å². The molecule has 2 aromatic heterocycles. The van der Waals surface area contributed by atoms with Gasteiger partial charge < -0.3 is 37.0 Å². The van der Waals surface area contributed by atoms with Gasteiger partial charge in [0.15, 0.2) is 0 Å². The van der Waals surface area contributed by atoms with Crippen LogP contribution in [0.1, 0.15) is 49.9 Å². The molecule has 4 aromatic rings. The van der Waals surface area contributed by atoms with Crippen LogP contribution in [-0.2, 0) is 35.5 Å². The van der Waals surface area contributed by atoms with Gasteiger partial charge in [0.25, 0.3) is 0 Å². The highest BCUT2D eigenvalue weighted by Crippen LogP contribution is 2.16. The van der Waals surface area contributed by atoms with E-state index in [2.05, 4.69) is 41.9 Å². The number of aliphatic hydroxyl groups excluding tert-OH is 1. The fourth-order valence-electron chi connectivity index (χ4n) is 5.90. The van der Waals surface area contributed by atoms with E-state index < -0.39 is 54.1 Å². The molecule has 286 valence electrons. The molecule has 13 nitrogen and oxygen atoms in total. The van der Waals surface area contributed by atoms with Crippen LogP contribution in [0.5, 0.6) is 0 Å². The summed E-state index contributed by atoms with van der Waals surface area (Å²) in [7, 11) is 0. The van der Waals surface area contributed by atoms with Crippen molar-refractivity contribution >= 4 is 23.9 Å². The van der Waals surface area contributed by atoms with E-state index in [9.17, 15) is 24.3 Å². The Bertz CT molecular complexity index is 1620. The number of carbonyl (C=O) groups is 4. The summed E-state index contributed by atoms with van der Waals surface area (Å²) in [6, 6.07) is 21.3. The number of urea groups is 2. The Kier molecular flexibility index (Phi) is 15.9. The second-order valence-corrected chi connectivity index (χ2v) is 13.9. The largest absolute Gasteiger partial charge is 0.389 e. The highest BCUT2D eigenvalue weighted by atomic mass is 16.3. The first kappa shape index (κ1) is 40.9. The molecule has 4 atom stereocenters. The van der Waals surface area contributed by atoms with Crippen molar-refractivity contribution in [3.8, 4) is 0 Å². The molecular formula is C41H52N8O5. The van der Waals surface area contributed by atoms with Crippen LogP contribution in [-0.4, -0.2) is 69.2 Å². The molecule has 0 aliphatic rings. The lowest BCUT2D eigenvalue weighted by atomic mass is 9.91. The number of hydrogen-bond acceptors (Lipinski definition) is 7. The summed E-state index contributed by atoms with van der Waals surface area (Å²) in [5.41, 5.74) is 3.30. The lowest BCUT2D eigenvalue weighted by Gasteiger charge is -2.34. The van der Waals surface area contributed by atoms with E-state index in [0.717, 1.165) is 22.3 Å². The molecule has 0 radical (unpaired) electrons. The van der Waals surface area contributed by atoms with Crippen molar-refractivity contribution in [3.05, 3.63) is 132 Å². The third kappa shape index (κ3) is 13.3. The highest BCUT2D eigenvalue weighted by molar-refractivity contribution is 5.88. The smallest absolute Gasteiger partial charge is 0.315 e. The second kappa shape index (κ2) is 21.0. The lowest BCUT2D eigenvalue weighted by molar-refractivity contribution is -0.126. The molecule has 54 heavy (non-hydrogen) atoms. The number of aliphatic hydroxyl groups is 1. The van der Waals surface area contributed by atoms with Gasteiger partial charge in [0.05, 0.1) is 18.2 Å². The molecule has 0 saturated heterocycles. The van der Waals surface area contributed by atoms with Gasteiger partial charge in [-0.1, -0.05) is 100 Å². The first-order valence-corrected chi connectivity index (χ1v) is 18.2. The van der Waals surface area contributed by atoms with E-state index in [4.69, 9.17) is 0 Å². The number of rotatable bonds is 18. The number of pyridine rings is 2. The maximum atomic E-state index is 14.0. The highest BCUT2D eigenvalue weighted by Gasteiger charge is 2.35. The molecule has 0 saturated carbocycles. The summed E-state index contributed by atoms with van der Waals surface area (Å²) in [5, 5.41) is 29.3. The Balaban J connectivity index is 1.54. The van der Waals surface area contributed by atoms with Crippen LogP contribution < -0.4 is 31.9 Å². The van der Waals surface area contributed by atoms with Crippen molar-refractivity contribution in [2.24, 2.45) is 11.8 Å². The summed E-state index contributed by atoms with van der Waals surface area (Å²) >= 11 is 0. The van der Waals surface area contributed by atoms with Gasteiger partial charge in [-0.25, -0.2) is 9.59 Å². The summed E-state index contributed by atoms with van der Waals surface area (Å²) in [5.74, 6) is -1.58. The van der Waals surface area contributed by atoms with Gasteiger partial charge >= 0.3 is 12.1 Å². The van der Waals surface area contributed by atoms with Crippen molar-refractivity contribution in [2.45, 2.75) is 83.9 Å². The second-order valence-electron chi connectivity index (χ2n) is 13.9. The van der Waals surface area contributed by atoms with Crippen LogP contribution in [0.15, 0.2) is 110 Å². The van der Waals surface area contributed by atoms with Gasteiger partial charge in [-0.05, 0) is 59.1 Å². The minimum atomic E-state index is -1.29. The van der Waals surface area contributed by atoms with Gasteiger partial charge in [0.1, 0.15) is 12.1 Å². The van der Waals surface area contributed by atoms with Gasteiger partial charge in [-0.15, -0.1) is 0 Å². The summed E-state index contributed by atoms with van der Waals surface area (Å²) in [6.45, 7) is 7.72. The Morgan fingerprint density at radius 3 is 1.24 bits per heavy atom. The van der Waals surface area contributed by atoms with Crippen LogP contribution >= 0.6 is 0 Å². The van der Waals surface area contributed by atoms with E-state index >= 15 is 0 Å². The molecule has 0 spiro atoms. The maximum absolute atomic E-state index is 14.0. The summed E-state index contributed by atoms with van der Waals surface area (Å²) in [4.78, 5) is 61.9. The molecule has 2 aromatic carbocycles. The quantitative estimate of drug-likeness (QED) is 0.0813. The average Bonchev–Trinajstić information content (AvgIpc) is 3.17. The van der Waals surface area contributed by atoms with E-state index in [-0.39, 0.29) is 37.8 Å². The third-order valence-corrected chi connectivity index (χ3v) is 8.90. The lowest BCUT2D eigenvalue weighted by Crippen LogP contribution is -2.62. The number of aromatic nitrogens is 2. The van der Waals surface area contributed by atoms with Gasteiger partial charge in [0.2, 0.25) is 11.8 Å². The first-order valence-electron chi connectivity index (χ1n) is 18.2. The van der Waals surface area contributed by atoms with Crippen LogP contribution in [0.4, 0.5) is 9.59 Å². The zero-order valence-electron chi connectivity index (χ0n) is 31.2. The normalized spacial score (nSPS) is 13.8. The zero-order chi connectivity index (χ0) is 38.9. The third-order valence-electron chi connectivity index (χ3n) is 8.90. The predicted molar refractivity (Wildman–Crippen MR) is 207 cm³/mol. The number of nitrogens with one attached hydrogen (secondary N) is 6. The van der Waals surface area contributed by atoms with Crippen LogP contribution in [0, 0.1) is 11.8 Å². The summed E-state index contributed by atoms with van der Waals surface area (Å²) < 4.78 is 0. The molecule has 0 aliphatic heterocycles. The number of amides is 6. The molecule has 0 fully saturated rings. The fraction of sp³-hybridized carbons (Fsp3) is 0.366. The minimum absolute atomic E-state index is 0.223. The molecule has 2 heterocycles. The van der Waals surface area contributed by atoms with Crippen LogP contribution in [0.25, 0.3) is 0 Å². The number of hydrogen-bond donors (Lipinski definition) is 7. The van der Waals surface area contributed by atoms with Crippen LogP contribution in [0.2, 0.25) is 0 Å². The first-order chi connectivity index (χ1) is 26.0. The van der Waals surface area contributed by atoms with Crippen LogP contribution in [0.3, 0.4) is 0 Å². The van der Waals surface area contributed by atoms with E-state index in [0.29, 0.717) is 0 Å². The zero-order valence-corrected chi connectivity index (χ0v) is 31.2. The monoisotopic (exact) mass is 736 g/mol. The molecular weight excluding hydrogens is 685 g/mol. The SMILES string of the molecule is CC(C)[C@H](NC(=O)NCc1cccnc1)C(=O)NC(Cc1ccccc1)C(O)C(Cc1ccccc1)NC(=O)[C@@H](NC(=O)NCc1cccnc1)C(C)C. The molecule has 13 heteroatoms. The predicted octanol–water partition coefficient (Wildman–Crippen LogP) is 3.64. The van der Waals surface area contributed by atoms with Crippen molar-refractivity contribution in [1.29, 1.82) is 0 Å². The van der Waals surface area contributed by atoms with E-state index in [1.54, 1.807) is 36.9 Å². The van der Waals surface area contributed by atoms with E-state index in [1.807, 2.05) is 100 Å². The minimum Gasteiger partial charge on any atom is -0.389 e. The Morgan fingerprint density at radius 2 is 0.907 bits per heavy atom. The molecule has 0 bridgehead atoms. The van der Waals surface area contributed by atoms with Gasteiger partial charge in [-0.2, -0.15) is 0 Å². The maximum Gasteiger partial charge on any atom is 0.315 e. The summed E-state index contributed by atoms with van der Waals surface area (Å²) in [6.07, 6.45) is 5.74. The fourth-order valence-corrected chi connectivity index (χ4v) is 5.90. The molecule has 4 rings (SSSR count). The number of benzene rings is 2. The standard InChI is InChI=1S/C41H52N8O5/c1-27(2)35(48-40(53)44-25-31-17-11-19-42-23-31)38(51)46-33(21-29-13-7-5-8-14-29)37(50)34(22-30-15-9-6-10-16-30)47-39(52)36(28(3)4)49-41(54)45-26-32-18-12-20-43-24-32/h5-20,23-24,27-28,33-37,50H,21-22,25-26H2,1-4H3,(H,46,51)(H,47,52)(H2,44,48,53)(H2,45,49,54)/t33?,34?,35-,36-,37?/m0/s1. The Morgan fingerprint density at radius 1 is 0.537 bits per heavy atom.